The van der Waals surface area contributed by atoms with Crippen LogP contribution in [0.5, 0.6) is 0 Å². The predicted molar refractivity (Wildman–Crippen MR) is 67.1 cm³/mol. The van der Waals surface area contributed by atoms with Crippen molar-refractivity contribution in [3.8, 4) is 0 Å². The van der Waals surface area contributed by atoms with E-state index in [-0.39, 0.29) is 0 Å². The lowest BCUT2D eigenvalue weighted by atomic mass is 9.99. The van der Waals surface area contributed by atoms with E-state index in [2.05, 4.69) is 9.55 Å². The molecule has 2 fully saturated rings. The third kappa shape index (κ3) is 1.41. The lowest BCUT2D eigenvalue weighted by molar-refractivity contribution is 0.175. The second kappa shape index (κ2) is 3.52. The Morgan fingerprint density at radius 1 is 1.44 bits per heavy atom. The van der Waals surface area contributed by atoms with Gasteiger partial charge in [-0.2, -0.15) is 0 Å². The molecule has 0 amide bonds. The van der Waals surface area contributed by atoms with Crippen molar-refractivity contribution in [3.05, 3.63) is 24.3 Å². The molecule has 1 aliphatic carbocycles. The standard InChI is InChI=1S/C13H16N4O/c14-13(4-6-18-8-13)12-16-10-7-15-5-3-11(10)17(12)9-1-2-9/h3,5,7,9H,1-2,4,6,8,14H2. The van der Waals surface area contributed by atoms with Gasteiger partial charge in [0.2, 0.25) is 0 Å². The van der Waals surface area contributed by atoms with Crippen molar-refractivity contribution in [2.75, 3.05) is 13.2 Å². The fourth-order valence-electron chi connectivity index (χ4n) is 2.76. The number of nitrogens with zero attached hydrogens (tertiary/aromatic N) is 3. The fraction of sp³-hybridized carbons (Fsp3) is 0.538. The highest BCUT2D eigenvalue weighted by Crippen LogP contribution is 2.41. The summed E-state index contributed by atoms with van der Waals surface area (Å²) in [4.78, 5) is 8.87. The third-order valence-corrected chi connectivity index (χ3v) is 3.90. The maximum absolute atomic E-state index is 6.48. The van der Waals surface area contributed by atoms with Crippen LogP contribution >= 0.6 is 0 Å². The zero-order valence-electron chi connectivity index (χ0n) is 10.2. The molecule has 4 rings (SSSR count). The monoisotopic (exact) mass is 244 g/mol. The third-order valence-electron chi connectivity index (χ3n) is 3.90. The van der Waals surface area contributed by atoms with Gasteiger partial charge in [0, 0.05) is 18.8 Å². The molecule has 0 spiro atoms. The maximum Gasteiger partial charge on any atom is 0.132 e. The maximum atomic E-state index is 6.48. The van der Waals surface area contributed by atoms with Gasteiger partial charge in [0.1, 0.15) is 16.9 Å². The van der Waals surface area contributed by atoms with Crippen LogP contribution in [0.1, 0.15) is 31.1 Å². The van der Waals surface area contributed by atoms with E-state index in [1.807, 2.05) is 18.5 Å². The van der Waals surface area contributed by atoms with E-state index >= 15 is 0 Å². The molecule has 1 unspecified atom stereocenters. The average molecular weight is 244 g/mol. The van der Waals surface area contributed by atoms with Gasteiger partial charge >= 0.3 is 0 Å². The molecule has 1 saturated carbocycles. The Bertz CT molecular complexity index is 596. The minimum atomic E-state index is -0.429. The summed E-state index contributed by atoms with van der Waals surface area (Å²) in [5, 5.41) is 0. The van der Waals surface area contributed by atoms with Gasteiger partial charge in [0.15, 0.2) is 0 Å². The summed E-state index contributed by atoms with van der Waals surface area (Å²) in [5.74, 6) is 0.977. The first-order valence-electron chi connectivity index (χ1n) is 6.47. The molecule has 2 aliphatic rings. The molecule has 0 bridgehead atoms. The average Bonchev–Trinajstić information content (AvgIpc) is 2.99. The van der Waals surface area contributed by atoms with Crippen LogP contribution in [0.15, 0.2) is 18.5 Å². The van der Waals surface area contributed by atoms with Gasteiger partial charge in [0.05, 0.1) is 18.3 Å². The van der Waals surface area contributed by atoms with Crippen molar-refractivity contribution in [1.82, 2.24) is 14.5 Å². The van der Waals surface area contributed by atoms with E-state index in [1.165, 1.54) is 12.8 Å². The number of pyridine rings is 1. The van der Waals surface area contributed by atoms with Crippen molar-refractivity contribution in [1.29, 1.82) is 0 Å². The summed E-state index contributed by atoms with van der Waals surface area (Å²) in [7, 11) is 0. The number of imidazole rings is 1. The molecule has 2 aromatic heterocycles. The molecular formula is C13H16N4O. The Morgan fingerprint density at radius 2 is 2.33 bits per heavy atom. The van der Waals surface area contributed by atoms with Gasteiger partial charge in [-0.3, -0.25) is 4.98 Å². The van der Waals surface area contributed by atoms with E-state index in [1.54, 1.807) is 0 Å². The summed E-state index contributed by atoms with van der Waals surface area (Å²) in [6, 6.07) is 2.59. The van der Waals surface area contributed by atoms with Gasteiger partial charge in [-0.15, -0.1) is 0 Å². The summed E-state index contributed by atoms with van der Waals surface area (Å²) < 4.78 is 7.78. The van der Waals surface area contributed by atoms with E-state index in [4.69, 9.17) is 15.5 Å². The van der Waals surface area contributed by atoms with Gasteiger partial charge in [0.25, 0.3) is 0 Å². The number of ether oxygens (including phenoxy) is 1. The summed E-state index contributed by atoms with van der Waals surface area (Å²) in [5.41, 5.74) is 8.15. The van der Waals surface area contributed by atoms with Crippen molar-refractivity contribution < 1.29 is 4.74 Å². The smallest absolute Gasteiger partial charge is 0.132 e. The molecule has 1 saturated heterocycles. The highest BCUT2D eigenvalue weighted by Gasteiger charge is 2.40. The highest BCUT2D eigenvalue weighted by molar-refractivity contribution is 5.75. The van der Waals surface area contributed by atoms with Gasteiger partial charge in [-0.05, 0) is 25.3 Å². The molecule has 1 atom stereocenters. The van der Waals surface area contributed by atoms with Crippen molar-refractivity contribution >= 4 is 11.0 Å². The molecule has 2 aromatic rings. The normalized spacial score (nSPS) is 28.1. The first-order valence-corrected chi connectivity index (χ1v) is 6.47. The molecule has 2 N–H and O–H groups in total. The number of hydrogen-bond acceptors (Lipinski definition) is 4. The highest BCUT2D eigenvalue weighted by atomic mass is 16.5. The van der Waals surface area contributed by atoms with Crippen LogP contribution in [-0.4, -0.2) is 27.7 Å². The second-order valence-corrected chi connectivity index (χ2v) is 5.36. The SMILES string of the molecule is NC1(c2nc3cnccc3n2C2CC2)CCOC1. The zero-order chi connectivity index (χ0) is 12.2. The first kappa shape index (κ1) is 10.5. The summed E-state index contributed by atoms with van der Waals surface area (Å²) in [6.45, 7) is 1.29. The minimum Gasteiger partial charge on any atom is -0.379 e. The van der Waals surface area contributed by atoms with Crippen molar-refractivity contribution in [3.63, 3.8) is 0 Å². The second-order valence-electron chi connectivity index (χ2n) is 5.36. The minimum absolute atomic E-state index is 0.429. The Morgan fingerprint density at radius 3 is 3.06 bits per heavy atom. The molecule has 5 nitrogen and oxygen atoms in total. The van der Waals surface area contributed by atoms with Crippen LogP contribution in [-0.2, 0) is 10.3 Å². The van der Waals surface area contributed by atoms with Crippen LogP contribution in [0.3, 0.4) is 0 Å². The predicted octanol–water partition coefficient (Wildman–Crippen LogP) is 1.34. The summed E-state index contributed by atoms with van der Waals surface area (Å²) in [6.07, 6.45) is 6.92. The number of fused-ring (bicyclic) bond motifs is 1. The van der Waals surface area contributed by atoms with Gasteiger partial charge < -0.3 is 15.0 Å². The van der Waals surface area contributed by atoms with Crippen molar-refractivity contribution in [2.24, 2.45) is 5.73 Å². The molecule has 5 heteroatoms. The van der Waals surface area contributed by atoms with E-state index in [0.29, 0.717) is 12.6 Å². The molecule has 0 radical (unpaired) electrons. The van der Waals surface area contributed by atoms with E-state index in [0.717, 1.165) is 29.9 Å². The molecule has 0 aromatic carbocycles. The van der Waals surface area contributed by atoms with Crippen LogP contribution in [0.4, 0.5) is 0 Å². The molecule has 1 aliphatic heterocycles. The lowest BCUT2D eigenvalue weighted by Gasteiger charge is -2.22. The quantitative estimate of drug-likeness (QED) is 0.865. The van der Waals surface area contributed by atoms with Crippen LogP contribution in [0.2, 0.25) is 0 Å². The number of rotatable bonds is 2. The van der Waals surface area contributed by atoms with E-state index < -0.39 is 5.54 Å². The zero-order valence-corrected chi connectivity index (χ0v) is 10.2. The number of nitrogens with two attached hydrogens (primary N) is 1. The van der Waals surface area contributed by atoms with Crippen LogP contribution in [0, 0.1) is 0 Å². The van der Waals surface area contributed by atoms with Crippen molar-refractivity contribution in [2.45, 2.75) is 30.8 Å². The summed E-state index contributed by atoms with van der Waals surface area (Å²) >= 11 is 0. The Kier molecular flexibility index (Phi) is 2.05. The largest absolute Gasteiger partial charge is 0.379 e. The van der Waals surface area contributed by atoms with Gasteiger partial charge in [-0.1, -0.05) is 0 Å². The number of aromatic nitrogens is 3. The molecule has 3 heterocycles. The first-order chi connectivity index (χ1) is 8.78. The topological polar surface area (TPSA) is 66.0 Å². The van der Waals surface area contributed by atoms with Crippen LogP contribution in [0.25, 0.3) is 11.0 Å². The van der Waals surface area contributed by atoms with Gasteiger partial charge in [-0.25, -0.2) is 4.98 Å². The Labute approximate surface area is 105 Å². The lowest BCUT2D eigenvalue weighted by Crippen LogP contribution is -2.40. The Hall–Kier alpha value is -1.46. The fourth-order valence-corrected chi connectivity index (χ4v) is 2.76. The van der Waals surface area contributed by atoms with E-state index in [9.17, 15) is 0 Å². The number of hydrogen-bond donors (Lipinski definition) is 1. The molecule has 18 heavy (non-hydrogen) atoms. The van der Waals surface area contributed by atoms with Crippen LogP contribution < -0.4 is 5.73 Å². The molecule has 94 valence electrons. The molecular weight excluding hydrogens is 228 g/mol. The Balaban J connectivity index is 1.96.